The van der Waals surface area contributed by atoms with Gasteiger partial charge in [0.25, 0.3) is 11.8 Å². The minimum absolute atomic E-state index is 0.0603. The van der Waals surface area contributed by atoms with E-state index in [1.807, 2.05) is 32.0 Å². The highest BCUT2D eigenvalue weighted by atomic mass is 16.5. The molecular weight excluding hydrogens is 356 g/mol. The Balaban J connectivity index is 1.35. The van der Waals surface area contributed by atoms with E-state index >= 15 is 0 Å². The lowest BCUT2D eigenvalue weighted by Gasteiger charge is -2.29. The molecule has 4 N–H and O–H groups in total. The molecular formula is C21H34N4O3+2. The van der Waals surface area contributed by atoms with Crippen molar-refractivity contribution in [1.29, 1.82) is 0 Å². The summed E-state index contributed by atoms with van der Waals surface area (Å²) in [5.74, 6) is 0.159. The molecule has 154 valence electrons. The first-order chi connectivity index (χ1) is 13.5. The average molecular weight is 391 g/mol. The third-order valence-electron chi connectivity index (χ3n) is 5.78. The topological polar surface area (TPSA) is 76.3 Å². The van der Waals surface area contributed by atoms with Crippen molar-refractivity contribution in [3.8, 4) is 0 Å². The van der Waals surface area contributed by atoms with Gasteiger partial charge in [-0.3, -0.25) is 9.59 Å². The number of piperazine rings is 1. The van der Waals surface area contributed by atoms with Gasteiger partial charge in [-0.05, 0) is 37.8 Å². The summed E-state index contributed by atoms with van der Waals surface area (Å²) < 4.78 is 5.54. The second-order valence-electron chi connectivity index (χ2n) is 8.11. The van der Waals surface area contributed by atoms with Gasteiger partial charge in [-0.15, -0.1) is 0 Å². The highest BCUT2D eigenvalue weighted by Gasteiger charge is 2.27. The zero-order valence-corrected chi connectivity index (χ0v) is 17.1. The van der Waals surface area contributed by atoms with Gasteiger partial charge in [0.05, 0.1) is 6.10 Å². The molecule has 2 aliphatic rings. The quantitative estimate of drug-likeness (QED) is 0.449. The summed E-state index contributed by atoms with van der Waals surface area (Å²) in [4.78, 5) is 27.2. The molecule has 28 heavy (non-hydrogen) atoms. The van der Waals surface area contributed by atoms with Crippen molar-refractivity contribution in [2.45, 2.75) is 32.8 Å². The third kappa shape index (κ3) is 6.02. The molecule has 2 aliphatic heterocycles. The van der Waals surface area contributed by atoms with Crippen LogP contribution in [0.3, 0.4) is 0 Å². The summed E-state index contributed by atoms with van der Waals surface area (Å²) in [5, 5.41) is 6.07. The summed E-state index contributed by atoms with van der Waals surface area (Å²) in [6.07, 6.45) is 2.32. The number of para-hydroxylation sites is 1. The normalized spacial score (nSPS) is 24.7. The van der Waals surface area contributed by atoms with E-state index < -0.39 is 0 Å². The van der Waals surface area contributed by atoms with Gasteiger partial charge in [-0.25, -0.2) is 0 Å². The van der Waals surface area contributed by atoms with E-state index in [1.165, 1.54) is 9.80 Å². The van der Waals surface area contributed by atoms with Gasteiger partial charge in [0.15, 0.2) is 13.1 Å². The van der Waals surface area contributed by atoms with Crippen LogP contribution in [0.2, 0.25) is 0 Å². The zero-order chi connectivity index (χ0) is 19.9. The molecule has 0 aliphatic carbocycles. The van der Waals surface area contributed by atoms with Crippen LogP contribution in [0.5, 0.6) is 0 Å². The molecule has 2 heterocycles. The summed E-state index contributed by atoms with van der Waals surface area (Å²) in [6.45, 7) is 10.1. The number of benzene rings is 1. The highest BCUT2D eigenvalue weighted by Crippen LogP contribution is 2.18. The van der Waals surface area contributed by atoms with Crippen molar-refractivity contribution in [3.05, 3.63) is 29.3 Å². The first kappa shape index (κ1) is 20.8. The molecule has 7 heteroatoms. The van der Waals surface area contributed by atoms with Crippen molar-refractivity contribution in [2.75, 3.05) is 57.7 Å². The predicted octanol–water partition coefficient (Wildman–Crippen LogP) is -1.68. The van der Waals surface area contributed by atoms with Gasteiger partial charge in [0.2, 0.25) is 0 Å². The first-order valence-corrected chi connectivity index (χ1v) is 10.4. The van der Waals surface area contributed by atoms with E-state index in [4.69, 9.17) is 4.74 Å². The summed E-state index contributed by atoms with van der Waals surface area (Å²) >= 11 is 0. The molecule has 0 aromatic heterocycles. The van der Waals surface area contributed by atoms with E-state index in [9.17, 15) is 9.59 Å². The number of quaternary nitrogens is 2. The fourth-order valence-corrected chi connectivity index (χ4v) is 4.06. The maximum Gasteiger partial charge on any atom is 0.279 e. The summed E-state index contributed by atoms with van der Waals surface area (Å²) in [6, 6.07) is 6.04. The monoisotopic (exact) mass is 390 g/mol. The zero-order valence-electron chi connectivity index (χ0n) is 17.1. The molecule has 0 saturated carbocycles. The van der Waals surface area contributed by atoms with Crippen molar-refractivity contribution >= 4 is 17.5 Å². The Morgan fingerprint density at radius 3 is 2.21 bits per heavy atom. The number of amides is 2. The van der Waals surface area contributed by atoms with Crippen LogP contribution in [0.1, 0.15) is 24.0 Å². The van der Waals surface area contributed by atoms with E-state index in [0.29, 0.717) is 19.6 Å². The van der Waals surface area contributed by atoms with Crippen LogP contribution in [-0.2, 0) is 14.3 Å². The Bertz CT molecular complexity index is 660. The number of ether oxygens (including phenoxy) is 1. The Morgan fingerprint density at radius 2 is 1.64 bits per heavy atom. The number of rotatable bonds is 7. The lowest BCUT2D eigenvalue weighted by molar-refractivity contribution is -1.00. The second kappa shape index (κ2) is 10.0. The summed E-state index contributed by atoms with van der Waals surface area (Å²) in [5.41, 5.74) is 3.11. The molecule has 0 unspecified atom stereocenters. The number of carbonyl (C=O) groups is 2. The maximum absolute atomic E-state index is 12.4. The molecule has 1 aromatic rings. The largest absolute Gasteiger partial charge is 0.376 e. The third-order valence-corrected chi connectivity index (χ3v) is 5.78. The number of anilines is 1. The van der Waals surface area contributed by atoms with E-state index in [0.717, 1.165) is 62.4 Å². The SMILES string of the molecule is Cc1cccc(C)c1NC(=O)C[NH+]1CC[NH+](CC(=O)NC[C@@H]2CCCO2)CC1. The molecule has 1 atom stereocenters. The number of aryl methyl sites for hydroxylation is 2. The standard InChI is InChI=1S/C21H32N4O3/c1-16-5-3-6-17(2)21(16)23-20(27)15-25-10-8-24(9-11-25)14-19(26)22-13-18-7-4-12-28-18/h3,5-6,18H,4,7-15H2,1-2H3,(H,22,26)(H,23,27)/p+2/t18-/m0/s1. The van der Waals surface area contributed by atoms with Crippen LogP contribution < -0.4 is 20.4 Å². The lowest BCUT2D eigenvalue weighted by atomic mass is 10.1. The van der Waals surface area contributed by atoms with Gasteiger partial charge in [-0.1, -0.05) is 18.2 Å². The second-order valence-corrected chi connectivity index (χ2v) is 8.11. The Morgan fingerprint density at radius 1 is 1.04 bits per heavy atom. The van der Waals surface area contributed by atoms with Crippen LogP contribution >= 0.6 is 0 Å². The van der Waals surface area contributed by atoms with Gasteiger partial charge >= 0.3 is 0 Å². The maximum atomic E-state index is 12.4. The molecule has 0 radical (unpaired) electrons. The lowest BCUT2D eigenvalue weighted by Crippen LogP contribution is -3.28. The molecule has 7 nitrogen and oxygen atoms in total. The fraction of sp³-hybridized carbons (Fsp3) is 0.619. The van der Waals surface area contributed by atoms with E-state index in [1.54, 1.807) is 0 Å². The number of hydrogen-bond acceptors (Lipinski definition) is 3. The average Bonchev–Trinajstić information content (AvgIpc) is 3.18. The minimum Gasteiger partial charge on any atom is -0.376 e. The molecule has 2 fully saturated rings. The molecule has 2 saturated heterocycles. The van der Waals surface area contributed by atoms with Crippen molar-refractivity contribution < 1.29 is 24.1 Å². The van der Waals surface area contributed by atoms with Gasteiger partial charge in [0, 0.05) is 18.8 Å². The van der Waals surface area contributed by atoms with Crippen molar-refractivity contribution in [3.63, 3.8) is 0 Å². The fourth-order valence-electron chi connectivity index (χ4n) is 4.06. The smallest absolute Gasteiger partial charge is 0.279 e. The van der Waals surface area contributed by atoms with Crippen LogP contribution in [0, 0.1) is 13.8 Å². The predicted molar refractivity (Wildman–Crippen MR) is 108 cm³/mol. The van der Waals surface area contributed by atoms with Gasteiger partial charge < -0.3 is 25.2 Å². The number of nitrogens with one attached hydrogen (secondary N) is 4. The molecule has 1 aromatic carbocycles. The van der Waals surface area contributed by atoms with Crippen LogP contribution in [0.25, 0.3) is 0 Å². The highest BCUT2D eigenvalue weighted by molar-refractivity contribution is 5.93. The van der Waals surface area contributed by atoms with Crippen molar-refractivity contribution in [2.24, 2.45) is 0 Å². The van der Waals surface area contributed by atoms with Crippen molar-refractivity contribution in [1.82, 2.24) is 5.32 Å². The molecule has 2 amide bonds. The van der Waals surface area contributed by atoms with E-state index in [-0.39, 0.29) is 17.9 Å². The Labute approximate surface area is 167 Å². The van der Waals surface area contributed by atoms with Crippen LogP contribution in [0.15, 0.2) is 18.2 Å². The number of hydrogen-bond donors (Lipinski definition) is 4. The van der Waals surface area contributed by atoms with Gasteiger partial charge in [0.1, 0.15) is 26.2 Å². The molecule has 0 bridgehead atoms. The Hall–Kier alpha value is -1.96. The molecule has 3 rings (SSSR count). The van der Waals surface area contributed by atoms with Crippen LogP contribution in [0.4, 0.5) is 5.69 Å². The number of carbonyl (C=O) groups excluding carboxylic acids is 2. The summed E-state index contributed by atoms with van der Waals surface area (Å²) in [7, 11) is 0. The van der Waals surface area contributed by atoms with E-state index in [2.05, 4.69) is 10.6 Å². The van der Waals surface area contributed by atoms with Gasteiger partial charge in [-0.2, -0.15) is 0 Å². The minimum atomic E-state index is 0.0603. The Kier molecular flexibility index (Phi) is 7.42. The first-order valence-electron chi connectivity index (χ1n) is 10.4. The molecule has 0 spiro atoms. The van der Waals surface area contributed by atoms with Crippen LogP contribution in [-0.4, -0.2) is 70.3 Å².